The highest BCUT2D eigenvalue weighted by Crippen LogP contribution is 2.25. The van der Waals surface area contributed by atoms with Crippen LogP contribution in [0.4, 0.5) is 0 Å². The molecule has 1 aliphatic heterocycles. The first-order chi connectivity index (χ1) is 8.04. The van der Waals surface area contributed by atoms with Crippen LogP contribution in [0.15, 0.2) is 18.2 Å². The van der Waals surface area contributed by atoms with E-state index in [0.29, 0.717) is 0 Å². The molecule has 0 bridgehead atoms. The van der Waals surface area contributed by atoms with Gasteiger partial charge in [-0.15, -0.1) is 0 Å². The number of carboxylic acids is 1. The zero-order valence-electron chi connectivity index (χ0n) is 8.21. The molecule has 17 heavy (non-hydrogen) atoms. The van der Waals surface area contributed by atoms with Gasteiger partial charge in [0.1, 0.15) is 5.75 Å². The summed E-state index contributed by atoms with van der Waals surface area (Å²) in [5.74, 6) is -3.30. The molecule has 0 fully saturated rings. The van der Waals surface area contributed by atoms with Crippen LogP contribution < -0.4 is 4.74 Å². The molecule has 0 amide bonds. The normalized spacial score (nSPS) is 13.8. The van der Waals surface area contributed by atoms with Crippen LogP contribution >= 0.6 is 0 Å². The number of esters is 1. The van der Waals surface area contributed by atoms with Crippen molar-refractivity contribution < 1.29 is 29.0 Å². The smallest absolute Gasteiger partial charge is 0.446 e. The fourth-order valence-corrected chi connectivity index (χ4v) is 1.38. The van der Waals surface area contributed by atoms with Crippen molar-refractivity contribution >= 4 is 23.4 Å². The van der Waals surface area contributed by atoms with Crippen LogP contribution in [0.3, 0.4) is 0 Å². The fraction of sp³-hybridized carbons (Fsp3) is 0. The van der Waals surface area contributed by atoms with Gasteiger partial charge in [0.25, 0.3) is 5.78 Å². The number of carbonyl (C=O) groups excluding carboxylic acids is 2. The van der Waals surface area contributed by atoms with Gasteiger partial charge in [-0.25, -0.2) is 9.59 Å². The maximum atomic E-state index is 11.6. The molecular formula is C10H4N2O5. The predicted molar refractivity (Wildman–Crippen MR) is 52.0 cm³/mol. The topological polar surface area (TPSA) is 117 Å². The third-order valence-corrected chi connectivity index (χ3v) is 2.18. The van der Waals surface area contributed by atoms with Crippen molar-refractivity contribution in [2.45, 2.75) is 0 Å². The lowest BCUT2D eigenvalue weighted by atomic mass is 10.0. The Morgan fingerprint density at radius 1 is 1.35 bits per heavy atom. The van der Waals surface area contributed by atoms with Crippen LogP contribution in [0.5, 0.6) is 5.75 Å². The van der Waals surface area contributed by atoms with Crippen molar-refractivity contribution in [1.29, 1.82) is 0 Å². The largest absolute Gasteiger partial charge is 0.478 e. The van der Waals surface area contributed by atoms with Gasteiger partial charge in [-0.2, -0.15) is 4.79 Å². The zero-order chi connectivity index (χ0) is 12.6. The van der Waals surface area contributed by atoms with Crippen molar-refractivity contribution in [1.82, 2.24) is 0 Å². The first-order valence-corrected chi connectivity index (χ1v) is 4.41. The number of ether oxygens (including phenoxy) is 1. The summed E-state index contributed by atoms with van der Waals surface area (Å²) in [6.45, 7) is 0. The summed E-state index contributed by atoms with van der Waals surface area (Å²) in [4.78, 5) is 36.0. The third kappa shape index (κ3) is 1.60. The SMILES string of the molecule is [N-]=[N+]=C1C(=O)Oc2cc(C(=O)O)ccc2C1=O. The van der Waals surface area contributed by atoms with E-state index >= 15 is 0 Å². The van der Waals surface area contributed by atoms with Crippen LogP contribution in [-0.2, 0) is 4.79 Å². The Labute approximate surface area is 93.9 Å². The number of fused-ring (bicyclic) bond motifs is 1. The first kappa shape index (κ1) is 10.7. The molecule has 2 rings (SSSR count). The lowest BCUT2D eigenvalue weighted by Crippen LogP contribution is -2.34. The lowest BCUT2D eigenvalue weighted by molar-refractivity contribution is -0.131. The van der Waals surface area contributed by atoms with E-state index in [0.717, 1.165) is 6.07 Å². The highest BCUT2D eigenvalue weighted by molar-refractivity contribution is 6.67. The maximum absolute atomic E-state index is 11.6. The minimum atomic E-state index is -1.21. The van der Waals surface area contributed by atoms with Crippen LogP contribution in [0, 0.1) is 0 Å². The summed E-state index contributed by atoms with van der Waals surface area (Å²) in [5, 5.41) is 8.73. The maximum Gasteiger partial charge on any atom is 0.446 e. The van der Waals surface area contributed by atoms with E-state index < -0.39 is 23.4 Å². The number of rotatable bonds is 1. The summed E-state index contributed by atoms with van der Waals surface area (Å²) in [6.07, 6.45) is 0. The van der Waals surface area contributed by atoms with Crippen molar-refractivity contribution in [2.75, 3.05) is 0 Å². The highest BCUT2D eigenvalue weighted by atomic mass is 16.5. The van der Waals surface area contributed by atoms with Gasteiger partial charge >= 0.3 is 17.7 Å². The molecule has 0 radical (unpaired) electrons. The van der Waals surface area contributed by atoms with Gasteiger partial charge in [0, 0.05) is 0 Å². The van der Waals surface area contributed by atoms with Crippen LogP contribution in [0.25, 0.3) is 5.53 Å². The Kier molecular flexibility index (Phi) is 2.31. The molecular weight excluding hydrogens is 228 g/mol. The second-order valence-electron chi connectivity index (χ2n) is 3.18. The number of carboxylic acid groups (broad SMARTS) is 1. The molecule has 84 valence electrons. The Bertz CT molecular complexity index is 613. The molecule has 7 nitrogen and oxygen atoms in total. The molecule has 1 aliphatic rings. The average molecular weight is 232 g/mol. The van der Waals surface area contributed by atoms with Crippen molar-refractivity contribution in [3.63, 3.8) is 0 Å². The second kappa shape index (κ2) is 3.66. The fourth-order valence-electron chi connectivity index (χ4n) is 1.38. The van der Waals surface area contributed by atoms with Gasteiger partial charge in [-0.3, -0.25) is 4.79 Å². The number of ketones is 1. The van der Waals surface area contributed by atoms with E-state index in [-0.39, 0.29) is 16.9 Å². The molecule has 0 saturated carbocycles. The van der Waals surface area contributed by atoms with E-state index in [9.17, 15) is 14.4 Å². The molecule has 1 N–H and O–H groups in total. The van der Waals surface area contributed by atoms with Gasteiger partial charge < -0.3 is 15.4 Å². The van der Waals surface area contributed by atoms with Gasteiger partial charge in [0.05, 0.1) is 11.1 Å². The molecule has 0 aromatic heterocycles. The molecule has 1 aromatic rings. The van der Waals surface area contributed by atoms with Gasteiger partial charge in [-0.05, 0) is 18.2 Å². The molecule has 7 heteroatoms. The van der Waals surface area contributed by atoms with E-state index in [2.05, 4.69) is 9.53 Å². The molecule has 0 atom stereocenters. The van der Waals surface area contributed by atoms with Gasteiger partial charge in [0.2, 0.25) is 0 Å². The summed E-state index contributed by atoms with van der Waals surface area (Å²) in [5.41, 5.74) is 7.59. The molecule has 1 heterocycles. The molecule has 0 unspecified atom stereocenters. The van der Waals surface area contributed by atoms with E-state index in [1.165, 1.54) is 12.1 Å². The first-order valence-electron chi connectivity index (χ1n) is 4.41. The number of hydrogen-bond acceptors (Lipinski definition) is 4. The van der Waals surface area contributed by atoms with Crippen LogP contribution in [-0.4, -0.2) is 33.3 Å². The number of aromatic carboxylic acids is 1. The monoisotopic (exact) mass is 232 g/mol. The van der Waals surface area contributed by atoms with E-state index in [1.807, 2.05) is 0 Å². The van der Waals surface area contributed by atoms with E-state index in [4.69, 9.17) is 10.6 Å². The van der Waals surface area contributed by atoms with Crippen molar-refractivity contribution in [2.24, 2.45) is 0 Å². The third-order valence-electron chi connectivity index (χ3n) is 2.18. The lowest BCUT2D eigenvalue weighted by Gasteiger charge is -2.11. The Morgan fingerprint density at radius 3 is 2.65 bits per heavy atom. The van der Waals surface area contributed by atoms with Crippen LogP contribution in [0.2, 0.25) is 0 Å². The van der Waals surface area contributed by atoms with Crippen molar-refractivity contribution in [3.05, 3.63) is 34.9 Å². The minimum Gasteiger partial charge on any atom is -0.478 e. The van der Waals surface area contributed by atoms with Crippen LogP contribution in [0.1, 0.15) is 20.7 Å². The molecule has 1 aromatic carbocycles. The summed E-state index contributed by atoms with van der Waals surface area (Å²) in [6, 6.07) is 3.44. The quantitative estimate of drug-likeness (QED) is 0.320. The number of hydrogen-bond donors (Lipinski definition) is 1. The molecule has 0 aliphatic carbocycles. The summed E-state index contributed by atoms with van der Waals surface area (Å²) >= 11 is 0. The minimum absolute atomic E-state index is 0.0256. The predicted octanol–water partition coefficient (Wildman–Crippen LogP) is 0.157. The summed E-state index contributed by atoms with van der Waals surface area (Å²) < 4.78 is 4.68. The van der Waals surface area contributed by atoms with Gasteiger partial charge in [0.15, 0.2) is 0 Å². The Hall–Kier alpha value is -2.79. The van der Waals surface area contributed by atoms with E-state index in [1.54, 1.807) is 0 Å². The zero-order valence-corrected chi connectivity index (χ0v) is 8.21. The molecule has 0 spiro atoms. The number of Topliss-reactive ketones (excluding diaryl/α,β-unsaturated/α-hetero) is 1. The standard InChI is InChI=1S/C10H4N2O5/c11-12-7-8(13)5-2-1-4(9(14)15)3-6(5)17-10(7)16/h1-3H,(H,14,15). The number of benzene rings is 1. The number of carbonyl (C=O) groups is 3. The summed E-state index contributed by atoms with van der Waals surface area (Å²) in [7, 11) is 0. The number of nitrogens with zero attached hydrogens (tertiary/aromatic N) is 2. The molecule has 0 saturated heterocycles. The second-order valence-corrected chi connectivity index (χ2v) is 3.18. The average Bonchev–Trinajstić information content (AvgIpc) is 2.28. The Morgan fingerprint density at radius 2 is 2.06 bits per heavy atom. The highest BCUT2D eigenvalue weighted by Gasteiger charge is 2.40. The Balaban J connectivity index is 2.61. The van der Waals surface area contributed by atoms with Crippen molar-refractivity contribution in [3.8, 4) is 5.75 Å². The van der Waals surface area contributed by atoms with Gasteiger partial charge in [-0.1, -0.05) is 0 Å².